The molecular weight excluding hydrogens is 186 g/mol. The minimum atomic E-state index is 0.259. The van der Waals surface area contributed by atoms with Crippen molar-refractivity contribution in [1.29, 1.82) is 0 Å². The summed E-state index contributed by atoms with van der Waals surface area (Å²) in [6.45, 7) is 7.35. The van der Waals surface area contributed by atoms with E-state index in [1.807, 2.05) is 30.3 Å². The maximum absolute atomic E-state index is 5.85. The summed E-state index contributed by atoms with van der Waals surface area (Å²) in [7, 11) is 0. The lowest BCUT2D eigenvalue weighted by atomic mass is 10.2. The molecule has 0 radical (unpaired) electrons. The Kier molecular flexibility index (Phi) is 5.19. The molecule has 1 unspecified atom stereocenters. The fraction of sp³-hybridized carbons (Fsp3) is 0.538. The highest BCUT2D eigenvalue weighted by atomic mass is 16.5. The van der Waals surface area contributed by atoms with Gasteiger partial charge in [-0.25, -0.2) is 0 Å². The minimum Gasteiger partial charge on any atom is -0.489 e. The van der Waals surface area contributed by atoms with Crippen molar-refractivity contribution in [1.82, 2.24) is 5.32 Å². The van der Waals surface area contributed by atoms with Gasteiger partial charge in [-0.15, -0.1) is 0 Å². The Morgan fingerprint density at radius 3 is 2.40 bits per heavy atom. The van der Waals surface area contributed by atoms with Crippen molar-refractivity contribution in [2.45, 2.75) is 39.3 Å². The molecule has 1 atom stereocenters. The van der Waals surface area contributed by atoms with Crippen LogP contribution in [0.25, 0.3) is 0 Å². The van der Waals surface area contributed by atoms with E-state index in [0.29, 0.717) is 6.04 Å². The zero-order valence-electron chi connectivity index (χ0n) is 9.86. The van der Waals surface area contributed by atoms with E-state index in [4.69, 9.17) is 4.74 Å². The molecule has 0 aliphatic rings. The zero-order valence-corrected chi connectivity index (χ0v) is 9.86. The monoisotopic (exact) mass is 207 g/mol. The van der Waals surface area contributed by atoms with Crippen LogP contribution in [-0.2, 0) is 0 Å². The van der Waals surface area contributed by atoms with Crippen molar-refractivity contribution in [3.63, 3.8) is 0 Å². The van der Waals surface area contributed by atoms with Crippen LogP contribution in [0.15, 0.2) is 30.3 Å². The van der Waals surface area contributed by atoms with E-state index in [1.54, 1.807) is 0 Å². The highest BCUT2D eigenvalue weighted by molar-refractivity contribution is 5.21. The molecule has 15 heavy (non-hydrogen) atoms. The molecule has 0 aliphatic carbocycles. The smallest absolute Gasteiger partial charge is 0.119 e. The molecule has 0 fully saturated rings. The predicted octanol–water partition coefficient (Wildman–Crippen LogP) is 2.84. The quantitative estimate of drug-likeness (QED) is 0.774. The topological polar surface area (TPSA) is 21.3 Å². The van der Waals surface area contributed by atoms with Crippen LogP contribution in [0.4, 0.5) is 0 Å². The summed E-state index contributed by atoms with van der Waals surface area (Å²) in [5, 5.41) is 3.39. The molecule has 0 aliphatic heterocycles. The molecule has 1 rings (SSSR count). The largest absolute Gasteiger partial charge is 0.489 e. The van der Waals surface area contributed by atoms with Gasteiger partial charge < -0.3 is 10.1 Å². The summed E-state index contributed by atoms with van der Waals surface area (Å²) >= 11 is 0. The third-order valence-corrected chi connectivity index (χ3v) is 2.26. The Labute approximate surface area is 92.6 Å². The average molecular weight is 207 g/mol. The zero-order chi connectivity index (χ0) is 11.1. The van der Waals surface area contributed by atoms with Gasteiger partial charge in [0, 0.05) is 12.6 Å². The Hall–Kier alpha value is -1.02. The molecule has 0 saturated carbocycles. The van der Waals surface area contributed by atoms with Crippen molar-refractivity contribution in [2.24, 2.45) is 0 Å². The number of benzene rings is 1. The summed E-state index contributed by atoms with van der Waals surface area (Å²) in [5.41, 5.74) is 0. The van der Waals surface area contributed by atoms with E-state index in [0.717, 1.165) is 18.7 Å². The highest BCUT2D eigenvalue weighted by Crippen LogP contribution is 2.11. The predicted molar refractivity (Wildman–Crippen MR) is 64.3 cm³/mol. The molecule has 2 heteroatoms. The van der Waals surface area contributed by atoms with Crippen molar-refractivity contribution in [3.8, 4) is 5.75 Å². The lowest BCUT2D eigenvalue weighted by Gasteiger charge is -2.19. The molecule has 0 saturated heterocycles. The molecule has 1 N–H and O–H groups in total. The van der Waals surface area contributed by atoms with Crippen LogP contribution in [-0.4, -0.2) is 18.7 Å². The Morgan fingerprint density at radius 1 is 1.20 bits per heavy atom. The molecule has 1 aromatic carbocycles. The van der Waals surface area contributed by atoms with E-state index in [9.17, 15) is 0 Å². The van der Waals surface area contributed by atoms with Gasteiger partial charge in [-0.3, -0.25) is 0 Å². The lowest BCUT2D eigenvalue weighted by molar-refractivity contribution is 0.190. The van der Waals surface area contributed by atoms with E-state index in [1.165, 1.54) is 0 Å². The van der Waals surface area contributed by atoms with Gasteiger partial charge in [0.05, 0.1) is 0 Å². The third-order valence-electron chi connectivity index (χ3n) is 2.26. The molecule has 0 spiro atoms. The van der Waals surface area contributed by atoms with Gasteiger partial charge in [0.15, 0.2) is 0 Å². The fourth-order valence-electron chi connectivity index (χ4n) is 1.33. The molecular formula is C13H21NO. The fourth-order valence-corrected chi connectivity index (χ4v) is 1.33. The maximum Gasteiger partial charge on any atom is 0.119 e. The van der Waals surface area contributed by atoms with Crippen molar-refractivity contribution in [3.05, 3.63) is 30.3 Å². The Bertz CT molecular complexity index is 258. The number of ether oxygens (including phenoxy) is 1. The van der Waals surface area contributed by atoms with Crippen LogP contribution < -0.4 is 10.1 Å². The summed E-state index contributed by atoms with van der Waals surface area (Å²) < 4.78 is 5.85. The van der Waals surface area contributed by atoms with Gasteiger partial charge in [-0.05, 0) is 18.6 Å². The number of para-hydroxylation sites is 1. The second-order valence-corrected chi connectivity index (χ2v) is 4.02. The van der Waals surface area contributed by atoms with Gasteiger partial charge in [-0.2, -0.15) is 0 Å². The normalized spacial score (nSPS) is 12.8. The Morgan fingerprint density at radius 2 is 1.87 bits per heavy atom. The summed E-state index contributed by atoms with van der Waals surface area (Å²) in [6.07, 6.45) is 1.28. The first kappa shape index (κ1) is 12.1. The molecule has 1 aromatic rings. The number of rotatable bonds is 6. The minimum absolute atomic E-state index is 0.259. The average Bonchev–Trinajstić information content (AvgIpc) is 2.25. The van der Waals surface area contributed by atoms with Crippen LogP contribution in [0.1, 0.15) is 27.2 Å². The van der Waals surface area contributed by atoms with Crippen LogP contribution in [0.5, 0.6) is 5.75 Å². The first-order valence-corrected chi connectivity index (χ1v) is 5.67. The highest BCUT2D eigenvalue weighted by Gasteiger charge is 2.07. The molecule has 0 amide bonds. The number of nitrogens with one attached hydrogen (secondary N) is 1. The summed E-state index contributed by atoms with van der Waals surface area (Å²) in [6, 6.07) is 10.5. The number of hydrogen-bond donors (Lipinski definition) is 1. The van der Waals surface area contributed by atoms with Crippen molar-refractivity contribution < 1.29 is 4.74 Å². The third kappa shape index (κ3) is 4.84. The molecule has 84 valence electrons. The van der Waals surface area contributed by atoms with Crippen LogP contribution in [0, 0.1) is 0 Å². The van der Waals surface area contributed by atoms with Gasteiger partial charge in [0.25, 0.3) is 0 Å². The van der Waals surface area contributed by atoms with Gasteiger partial charge >= 0.3 is 0 Å². The van der Waals surface area contributed by atoms with Crippen molar-refractivity contribution >= 4 is 0 Å². The van der Waals surface area contributed by atoms with Crippen LogP contribution in [0.2, 0.25) is 0 Å². The van der Waals surface area contributed by atoms with Gasteiger partial charge in [-0.1, -0.05) is 39.0 Å². The SMILES string of the molecule is CCC(CNC(C)C)Oc1ccccc1. The molecule has 0 aromatic heterocycles. The van der Waals surface area contributed by atoms with E-state index in [-0.39, 0.29) is 6.10 Å². The van der Waals surface area contributed by atoms with E-state index in [2.05, 4.69) is 26.1 Å². The molecule has 2 nitrogen and oxygen atoms in total. The van der Waals surface area contributed by atoms with Crippen LogP contribution in [0.3, 0.4) is 0 Å². The van der Waals surface area contributed by atoms with Crippen molar-refractivity contribution in [2.75, 3.05) is 6.54 Å². The molecule has 0 heterocycles. The van der Waals surface area contributed by atoms with Gasteiger partial charge in [0.2, 0.25) is 0 Å². The maximum atomic E-state index is 5.85. The van der Waals surface area contributed by atoms with E-state index >= 15 is 0 Å². The standard InChI is InChI=1S/C13H21NO/c1-4-12(10-14-11(2)3)15-13-8-6-5-7-9-13/h5-9,11-12,14H,4,10H2,1-3H3. The summed E-state index contributed by atoms with van der Waals surface area (Å²) in [5.74, 6) is 0.954. The lowest BCUT2D eigenvalue weighted by Crippen LogP contribution is -2.34. The number of hydrogen-bond acceptors (Lipinski definition) is 2. The molecule has 0 bridgehead atoms. The van der Waals surface area contributed by atoms with E-state index < -0.39 is 0 Å². The summed E-state index contributed by atoms with van der Waals surface area (Å²) in [4.78, 5) is 0. The second-order valence-electron chi connectivity index (χ2n) is 4.02. The van der Waals surface area contributed by atoms with Crippen LogP contribution >= 0.6 is 0 Å². The Balaban J connectivity index is 2.40. The first-order valence-electron chi connectivity index (χ1n) is 5.67. The van der Waals surface area contributed by atoms with Gasteiger partial charge in [0.1, 0.15) is 11.9 Å². The second kappa shape index (κ2) is 6.46. The first-order chi connectivity index (χ1) is 7.22.